The van der Waals surface area contributed by atoms with Gasteiger partial charge >= 0.3 is 0 Å². The topological polar surface area (TPSA) is 86.4 Å². The molecule has 0 spiro atoms. The van der Waals surface area contributed by atoms with Crippen molar-refractivity contribution in [2.45, 2.75) is 19.9 Å². The molecule has 2 amide bonds. The summed E-state index contributed by atoms with van der Waals surface area (Å²) >= 11 is 0. The number of aromatic nitrogens is 2. The molecule has 2 aromatic heterocycles. The van der Waals surface area contributed by atoms with Crippen LogP contribution in [0.4, 0.5) is 0 Å². The third kappa shape index (κ3) is 3.40. The number of nitrogens with one attached hydrogen (secondary N) is 1. The van der Waals surface area contributed by atoms with Crippen molar-refractivity contribution in [1.29, 1.82) is 0 Å². The van der Waals surface area contributed by atoms with Crippen molar-refractivity contribution in [1.82, 2.24) is 19.8 Å². The number of fused-ring (bicyclic) bond motifs is 1. The molecule has 7 heteroatoms. The van der Waals surface area contributed by atoms with Crippen molar-refractivity contribution < 1.29 is 14.4 Å². The second-order valence-electron chi connectivity index (χ2n) is 7.35. The molecule has 1 fully saturated rings. The zero-order valence-electron chi connectivity index (χ0n) is 16.4. The lowest BCUT2D eigenvalue weighted by Gasteiger charge is -2.39. The fourth-order valence-corrected chi connectivity index (χ4v) is 3.78. The fourth-order valence-electron chi connectivity index (χ4n) is 3.78. The van der Waals surface area contributed by atoms with E-state index < -0.39 is 11.7 Å². The average Bonchev–Trinajstić information content (AvgIpc) is 3.18. The Kier molecular flexibility index (Phi) is 4.88. The van der Waals surface area contributed by atoms with Gasteiger partial charge in [0.15, 0.2) is 0 Å². The van der Waals surface area contributed by atoms with Crippen LogP contribution in [0.1, 0.15) is 33.2 Å². The van der Waals surface area contributed by atoms with Crippen LogP contribution in [0.25, 0.3) is 11.0 Å². The number of hydrogen-bond acceptors (Lipinski definition) is 4. The molecule has 0 unspecified atom stereocenters. The number of nitrogens with zero attached hydrogens (tertiary/aromatic N) is 3. The van der Waals surface area contributed by atoms with Gasteiger partial charge in [-0.1, -0.05) is 18.2 Å². The molecule has 1 aliphatic heterocycles. The Labute approximate surface area is 168 Å². The van der Waals surface area contributed by atoms with Gasteiger partial charge in [0.1, 0.15) is 0 Å². The summed E-state index contributed by atoms with van der Waals surface area (Å²) in [4.78, 5) is 49.0. The van der Waals surface area contributed by atoms with Gasteiger partial charge in [-0.15, -0.1) is 0 Å². The second-order valence-corrected chi connectivity index (χ2v) is 7.35. The Morgan fingerprint density at radius 1 is 1.10 bits per heavy atom. The summed E-state index contributed by atoms with van der Waals surface area (Å²) in [6.07, 6.45) is 3.17. The van der Waals surface area contributed by atoms with E-state index in [-0.39, 0.29) is 17.5 Å². The summed E-state index contributed by atoms with van der Waals surface area (Å²) in [5.41, 5.74) is 3.13. The number of rotatable bonds is 3. The number of ketones is 1. The molecule has 7 nitrogen and oxygen atoms in total. The number of benzene rings is 1. The Bertz CT molecular complexity index is 1090. The van der Waals surface area contributed by atoms with E-state index >= 15 is 0 Å². The van der Waals surface area contributed by atoms with Crippen molar-refractivity contribution in [3.05, 3.63) is 65.5 Å². The average molecular weight is 390 g/mol. The van der Waals surface area contributed by atoms with Crippen LogP contribution in [0.3, 0.4) is 0 Å². The van der Waals surface area contributed by atoms with Gasteiger partial charge in [0, 0.05) is 43.6 Å². The molecule has 0 radical (unpaired) electrons. The number of carbonyl (C=O) groups excluding carboxylic acids is 3. The van der Waals surface area contributed by atoms with E-state index in [1.54, 1.807) is 29.4 Å². The fraction of sp³-hybridized carbons (Fsp3) is 0.273. The lowest BCUT2D eigenvalue weighted by atomic mass is 10.1. The largest absolute Gasteiger partial charge is 0.359 e. The third-order valence-electron chi connectivity index (χ3n) is 5.41. The van der Waals surface area contributed by atoms with E-state index in [0.29, 0.717) is 30.7 Å². The van der Waals surface area contributed by atoms with Gasteiger partial charge in [0.25, 0.3) is 17.6 Å². The normalized spacial score (nSPS) is 16.8. The van der Waals surface area contributed by atoms with Crippen LogP contribution in [0.15, 0.2) is 48.8 Å². The van der Waals surface area contributed by atoms with Gasteiger partial charge in [-0.2, -0.15) is 0 Å². The smallest absolute Gasteiger partial charge is 0.295 e. The van der Waals surface area contributed by atoms with E-state index in [0.717, 1.165) is 11.1 Å². The van der Waals surface area contributed by atoms with Gasteiger partial charge < -0.3 is 14.8 Å². The van der Waals surface area contributed by atoms with Gasteiger partial charge in [-0.3, -0.25) is 19.4 Å². The first-order valence-electron chi connectivity index (χ1n) is 9.59. The number of carbonyl (C=O) groups is 3. The molecule has 0 saturated carbocycles. The molecular weight excluding hydrogens is 368 g/mol. The molecule has 0 bridgehead atoms. The number of Topliss-reactive ketones (excluding diaryl/α,β-unsaturated/α-hetero) is 1. The molecule has 1 aliphatic rings. The van der Waals surface area contributed by atoms with Crippen LogP contribution >= 0.6 is 0 Å². The molecule has 1 atom stereocenters. The standard InChI is InChI=1S/C22H22N4O3/c1-14-8-9-23-19-17(12-24-18(14)19)20(27)22(29)25-10-11-26(15(2)13-25)21(28)16-6-4-3-5-7-16/h3-9,12,15,24H,10-11,13H2,1-2H3/t15-/m1/s1. The van der Waals surface area contributed by atoms with E-state index in [2.05, 4.69) is 9.97 Å². The maximum atomic E-state index is 12.8. The summed E-state index contributed by atoms with van der Waals surface area (Å²) in [7, 11) is 0. The Hall–Kier alpha value is -3.48. The summed E-state index contributed by atoms with van der Waals surface area (Å²) < 4.78 is 0. The predicted octanol–water partition coefficient (Wildman–Crippen LogP) is 2.43. The highest BCUT2D eigenvalue weighted by atomic mass is 16.2. The number of amides is 2. The molecule has 148 valence electrons. The van der Waals surface area contributed by atoms with Gasteiger partial charge in [0.05, 0.1) is 16.6 Å². The summed E-state index contributed by atoms with van der Waals surface area (Å²) in [5.74, 6) is -1.20. The number of pyridine rings is 1. The molecule has 1 aromatic carbocycles. The third-order valence-corrected chi connectivity index (χ3v) is 5.41. The number of H-pyrrole nitrogens is 1. The zero-order valence-corrected chi connectivity index (χ0v) is 16.4. The monoisotopic (exact) mass is 390 g/mol. The van der Waals surface area contributed by atoms with Gasteiger partial charge in [-0.05, 0) is 37.6 Å². The van der Waals surface area contributed by atoms with E-state index in [4.69, 9.17) is 0 Å². The second kappa shape index (κ2) is 7.50. The first kappa shape index (κ1) is 18.9. The van der Waals surface area contributed by atoms with Crippen molar-refractivity contribution in [3.8, 4) is 0 Å². The SMILES string of the molecule is Cc1ccnc2c(C(=O)C(=O)N3CCN(C(=O)c4ccccc4)[C@H](C)C3)c[nH]c12. The lowest BCUT2D eigenvalue weighted by molar-refractivity contribution is -0.128. The zero-order chi connectivity index (χ0) is 20.5. The molecule has 3 heterocycles. The van der Waals surface area contributed by atoms with Crippen molar-refractivity contribution in [3.63, 3.8) is 0 Å². The van der Waals surface area contributed by atoms with Crippen molar-refractivity contribution in [2.24, 2.45) is 0 Å². The highest BCUT2D eigenvalue weighted by molar-refractivity contribution is 6.44. The first-order chi connectivity index (χ1) is 14.0. The summed E-state index contributed by atoms with van der Waals surface area (Å²) in [6.45, 7) is 4.84. The number of hydrogen-bond donors (Lipinski definition) is 1. The van der Waals surface area contributed by atoms with Crippen LogP contribution < -0.4 is 0 Å². The first-order valence-corrected chi connectivity index (χ1v) is 9.59. The highest BCUT2D eigenvalue weighted by Gasteiger charge is 2.33. The van der Waals surface area contributed by atoms with Crippen molar-refractivity contribution >= 4 is 28.6 Å². The maximum Gasteiger partial charge on any atom is 0.295 e. The Morgan fingerprint density at radius 2 is 1.86 bits per heavy atom. The van der Waals surface area contributed by atoms with E-state index in [1.807, 2.05) is 38.1 Å². The highest BCUT2D eigenvalue weighted by Crippen LogP contribution is 2.21. The number of piperazine rings is 1. The Balaban J connectivity index is 1.48. The molecule has 4 rings (SSSR count). The minimum absolute atomic E-state index is 0.0622. The molecule has 0 aliphatic carbocycles. The van der Waals surface area contributed by atoms with Crippen LogP contribution in [0, 0.1) is 6.92 Å². The van der Waals surface area contributed by atoms with Crippen LogP contribution in [-0.4, -0.2) is 63.0 Å². The number of aromatic amines is 1. The van der Waals surface area contributed by atoms with Crippen LogP contribution in [0.2, 0.25) is 0 Å². The summed E-state index contributed by atoms with van der Waals surface area (Å²) in [6, 6.07) is 10.7. The van der Waals surface area contributed by atoms with Gasteiger partial charge in [-0.25, -0.2) is 0 Å². The van der Waals surface area contributed by atoms with E-state index in [9.17, 15) is 14.4 Å². The lowest BCUT2D eigenvalue weighted by Crippen LogP contribution is -2.56. The predicted molar refractivity (Wildman–Crippen MR) is 109 cm³/mol. The molecular formula is C22H22N4O3. The quantitative estimate of drug-likeness (QED) is 0.550. The summed E-state index contributed by atoms with van der Waals surface area (Å²) in [5, 5.41) is 0. The molecule has 1 N–H and O–H groups in total. The van der Waals surface area contributed by atoms with Crippen LogP contribution in [0.5, 0.6) is 0 Å². The van der Waals surface area contributed by atoms with Crippen molar-refractivity contribution in [2.75, 3.05) is 19.6 Å². The molecule has 29 heavy (non-hydrogen) atoms. The van der Waals surface area contributed by atoms with Gasteiger partial charge in [0.2, 0.25) is 0 Å². The Morgan fingerprint density at radius 3 is 2.59 bits per heavy atom. The minimum atomic E-state index is -0.579. The molecule has 3 aromatic rings. The minimum Gasteiger partial charge on any atom is -0.359 e. The molecule has 1 saturated heterocycles. The maximum absolute atomic E-state index is 12.8. The number of aryl methyl sites for hydroxylation is 1. The van der Waals surface area contributed by atoms with E-state index in [1.165, 1.54) is 4.90 Å². The van der Waals surface area contributed by atoms with Crippen LogP contribution in [-0.2, 0) is 4.79 Å².